The lowest BCUT2D eigenvalue weighted by Crippen LogP contribution is -2.04. The van der Waals surface area contributed by atoms with E-state index in [1.54, 1.807) is 42.1 Å². The summed E-state index contributed by atoms with van der Waals surface area (Å²) < 4.78 is 44.9. The van der Waals surface area contributed by atoms with Crippen molar-refractivity contribution in [3.05, 3.63) is 65.9 Å². The van der Waals surface area contributed by atoms with E-state index in [-0.39, 0.29) is 6.61 Å². The van der Waals surface area contributed by atoms with Gasteiger partial charge in [0, 0.05) is 5.56 Å². The highest BCUT2D eigenvalue weighted by atomic mass is 19.4. The van der Waals surface area contributed by atoms with Gasteiger partial charge < -0.3 is 9.84 Å². The van der Waals surface area contributed by atoms with Gasteiger partial charge in [-0.2, -0.15) is 18.3 Å². The lowest BCUT2D eigenvalue weighted by molar-refractivity contribution is -0.137. The molecule has 0 aliphatic heterocycles. The van der Waals surface area contributed by atoms with Gasteiger partial charge in [-0.1, -0.05) is 12.1 Å². The summed E-state index contributed by atoms with van der Waals surface area (Å²) in [5.74, 6) is 0.675. The van der Waals surface area contributed by atoms with Crippen LogP contribution in [0.2, 0.25) is 0 Å². The predicted molar refractivity (Wildman–Crippen MR) is 86.5 cm³/mol. The number of hydrogen-bond acceptors (Lipinski definition) is 3. The van der Waals surface area contributed by atoms with Crippen molar-refractivity contribution in [1.29, 1.82) is 0 Å². The summed E-state index contributed by atoms with van der Waals surface area (Å²) >= 11 is 0. The predicted octanol–water partition coefficient (Wildman–Crippen LogP) is 4.06. The molecule has 0 unspecified atom stereocenters. The molecule has 1 aromatic heterocycles. The van der Waals surface area contributed by atoms with E-state index in [1.165, 1.54) is 12.1 Å². The highest BCUT2D eigenvalue weighted by molar-refractivity contribution is 5.63. The Morgan fingerprint density at radius 3 is 2.20 bits per heavy atom. The molecule has 0 saturated heterocycles. The zero-order valence-corrected chi connectivity index (χ0v) is 13.3. The summed E-state index contributed by atoms with van der Waals surface area (Å²) in [5, 5.41) is 13.7. The van der Waals surface area contributed by atoms with Gasteiger partial charge in [0.2, 0.25) is 0 Å². The maximum atomic E-state index is 12.7. The van der Waals surface area contributed by atoms with E-state index in [9.17, 15) is 18.3 Å². The molecule has 0 aliphatic carbocycles. The molecule has 0 aliphatic rings. The van der Waals surface area contributed by atoms with E-state index in [0.29, 0.717) is 28.4 Å². The Balaban J connectivity index is 2.05. The maximum absolute atomic E-state index is 12.7. The number of ether oxygens (including phenoxy) is 1. The van der Waals surface area contributed by atoms with Gasteiger partial charge in [0.15, 0.2) is 0 Å². The second-order valence-electron chi connectivity index (χ2n) is 5.36. The van der Waals surface area contributed by atoms with Crippen molar-refractivity contribution < 1.29 is 23.0 Å². The van der Waals surface area contributed by atoms with E-state index in [4.69, 9.17) is 4.74 Å². The Morgan fingerprint density at radius 2 is 1.68 bits per heavy atom. The first kappa shape index (κ1) is 17.0. The molecule has 130 valence electrons. The summed E-state index contributed by atoms with van der Waals surface area (Å²) in [7, 11) is 1.56. The molecule has 3 rings (SSSR count). The standard InChI is InChI=1S/C18H15F3N2O2/c1-25-16-8-6-15(7-9-16)23-17(10-14(11-24)22-23)12-2-4-13(5-3-12)18(19,20)21/h2-10,24H,11H2,1H3. The van der Waals surface area contributed by atoms with Crippen LogP contribution in [0.15, 0.2) is 54.6 Å². The molecular weight excluding hydrogens is 333 g/mol. The number of aliphatic hydroxyl groups is 1. The third-order valence-electron chi connectivity index (χ3n) is 3.75. The molecule has 2 aromatic carbocycles. The minimum absolute atomic E-state index is 0.267. The first-order chi connectivity index (χ1) is 11.9. The first-order valence-corrected chi connectivity index (χ1v) is 7.44. The van der Waals surface area contributed by atoms with Crippen LogP contribution in [0, 0.1) is 0 Å². The number of methoxy groups -OCH3 is 1. The number of aliphatic hydroxyl groups excluding tert-OH is 1. The van der Waals surface area contributed by atoms with Crippen LogP contribution in [0.1, 0.15) is 11.3 Å². The molecular formula is C18H15F3N2O2. The quantitative estimate of drug-likeness (QED) is 0.773. The third-order valence-corrected chi connectivity index (χ3v) is 3.75. The van der Waals surface area contributed by atoms with Crippen molar-refractivity contribution in [2.75, 3.05) is 7.11 Å². The summed E-state index contributed by atoms with van der Waals surface area (Å²) in [6, 6.07) is 13.5. The summed E-state index contributed by atoms with van der Waals surface area (Å²) in [6.07, 6.45) is -4.38. The van der Waals surface area contributed by atoms with Gasteiger partial charge in [-0.15, -0.1) is 0 Å². The Hall–Kier alpha value is -2.80. The number of nitrogens with zero attached hydrogens (tertiary/aromatic N) is 2. The smallest absolute Gasteiger partial charge is 0.416 e. The topological polar surface area (TPSA) is 47.3 Å². The molecule has 7 heteroatoms. The molecule has 0 spiro atoms. The lowest BCUT2D eigenvalue weighted by Gasteiger charge is -2.10. The largest absolute Gasteiger partial charge is 0.497 e. The number of hydrogen-bond donors (Lipinski definition) is 1. The Kier molecular flexibility index (Phi) is 4.50. The highest BCUT2D eigenvalue weighted by Crippen LogP contribution is 2.32. The van der Waals surface area contributed by atoms with E-state index in [1.807, 2.05) is 0 Å². The monoisotopic (exact) mass is 348 g/mol. The van der Waals surface area contributed by atoms with Gasteiger partial charge in [0.25, 0.3) is 0 Å². The molecule has 0 fully saturated rings. The molecule has 0 amide bonds. The number of halogens is 3. The van der Waals surface area contributed by atoms with Crippen molar-refractivity contribution in [2.45, 2.75) is 12.8 Å². The molecule has 1 N–H and O–H groups in total. The molecule has 3 aromatic rings. The third kappa shape index (κ3) is 3.51. The van der Waals surface area contributed by atoms with Crippen LogP contribution in [-0.4, -0.2) is 22.0 Å². The number of alkyl halides is 3. The number of rotatable bonds is 4. The van der Waals surface area contributed by atoms with Gasteiger partial charge in [0.05, 0.1) is 36.4 Å². The normalized spacial score (nSPS) is 11.6. The van der Waals surface area contributed by atoms with E-state index < -0.39 is 11.7 Å². The minimum Gasteiger partial charge on any atom is -0.497 e. The molecule has 0 atom stereocenters. The van der Waals surface area contributed by atoms with E-state index >= 15 is 0 Å². The average molecular weight is 348 g/mol. The van der Waals surface area contributed by atoms with Crippen molar-refractivity contribution in [3.63, 3.8) is 0 Å². The number of benzene rings is 2. The van der Waals surface area contributed by atoms with Crippen molar-refractivity contribution >= 4 is 0 Å². The Labute approximate surface area is 142 Å². The Bertz CT molecular complexity index is 854. The first-order valence-electron chi connectivity index (χ1n) is 7.44. The minimum atomic E-state index is -4.38. The van der Waals surface area contributed by atoms with Crippen LogP contribution < -0.4 is 4.74 Å². The summed E-state index contributed by atoms with van der Waals surface area (Å²) in [5.41, 5.74) is 1.56. The second kappa shape index (κ2) is 6.60. The summed E-state index contributed by atoms with van der Waals surface area (Å²) in [6.45, 7) is -0.267. The molecule has 0 bridgehead atoms. The number of aromatic nitrogens is 2. The molecule has 4 nitrogen and oxygen atoms in total. The maximum Gasteiger partial charge on any atom is 0.416 e. The lowest BCUT2D eigenvalue weighted by atomic mass is 10.1. The fraction of sp³-hybridized carbons (Fsp3) is 0.167. The summed E-state index contributed by atoms with van der Waals surface area (Å²) in [4.78, 5) is 0. The van der Waals surface area contributed by atoms with Crippen LogP contribution in [0.25, 0.3) is 16.9 Å². The highest BCUT2D eigenvalue weighted by Gasteiger charge is 2.30. The van der Waals surface area contributed by atoms with Crippen molar-refractivity contribution in [1.82, 2.24) is 9.78 Å². The zero-order chi connectivity index (χ0) is 18.0. The van der Waals surface area contributed by atoms with E-state index in [0.717, 1.165) is 12.1 Å². The van der Waals surface area contributed by atoms with Gasteiger partial charge in [-0.3, -0.25) is 0 Å². The van der Waals surface area contributed by atoms with E-state index in [2.05, 4.69) is 5.10 Å². The van der Waals surface area contributed by atoms with Crippen molar-refractivity contribution in [3.8, 4) is 22.7 Å². The average Bonchev–Trinajstić information content (AvgIpc) is 3.05. The second-order valence-corrected chi connectivity index (χ2v) is 5.36. The fourth-order valence-electron chi connectivity index (χ4n) is 2.46. The Morgan fingerprint density at radius 1 is 1.04 bits per heavy atom. The van der Waals surface area contributed by atoms with Crippen LogP contribution in [0.5, 0.6) is 5.75 Å². The van der Waals surface area contributed by atoms with Crippen LogP contribution in [-0.2, 0) is 12.8 Å². The van der Waals surface area contributed by atoms with Gasteiger partial charge in [-0.05, 0) is 42.5 Å². The van der Waals surface area contributed by atoms with Gasteiger partial charge >= 0.3 is 6.18 Å². The SMILES string of the molecule is COc1ccc(-n2nc(CO)cc2-c2ccc(C(F)(F)F)cc2)cc1. The fourth-order valence-corrected chi connectivity index (χ4v) is 2.46. The van der Waals surface area contributed by atoms with Crippen LogP contribution >= 0.6 is 0 Å². The molecule has 25 heavy (non-hydrogen) atoms. The van der Waals surface area contributed by atoms with Crippen LogP contribution in [0.3, 0.4) is 0 Å². The van der Waals surface area contributed by atoms with Crippen LogP contribution in [0.4, 0.5) is 13.2 Å². The van der Waals surface area contributed by atoms with Crippen molar-refractivity contribution in [2.24, 2.45) is 0 Å². The molecule has 1 heterocycles. The molecule has 0 radical (unpaired) electrons. The molecule has 0 saturated carbocycles. The van der Waals surface area contributed by atoms with Gasteiger partial charge in [-0.25, -0.2) is 4.68 Å². The van der Waals surface area contributed by atoms with Gasteiger partial charge in [0.1, 0.15) is 5.75 Å². The zero-order valence-electron chi connectivity index (χ0n) is 13.3.